The fourth-order valence-electron chi connectivity index (χ4n) is 1.99. The Bertz CT molecular complexity index is 503. The van der Waals surface area contributed by atoms with E-state index in [-0.39, 0.29) is 12.5 Å². The van der Waals surface area contributed by atoms with Gasteiger partial charge in [-0.1, -0.05) is 6.92 Å². The lowest BCUT2D eigenvalue weighted by Gasteiger charge is -2.25. The normalized spacial score (nSPS) is 10.0. The van der Waals surface area contributed by atoms with Gasteiger partial charge < -0.3 is 20.7 Å². The van der Waals surface area contributed by atoms with Crippen molar-refractivity contribution in [1.82, 2.24) is 5.32 Å². The highest BCUT2D eigenvalue weighted by Gasteiger charge is 2.15. The van der Waals surface area contributed by atoms with Crippen LogP contribution in [-0.4, -0.2) is 38.6 Å². The molecule has 116 valence electrons. The first-order valence-electron chi connectivity index (χ1n) is 7.05. The van der Waals surface area contributed by atoms with Gasteiger partial charge in [-0.15, -0.1) is 0 Å². The minimum atomic E-state index is -0.399. The number of likely N-dealkylation sites (N-methyl/N-ethyl adjacent to an activating group) is 1. The monoisotopic (exact) mass is 293 g/mol. The lowest BCUT2D eigenvalue weighted by molar-refractivity contribution is -0.119. The highest BCUT2D eigenvalue weighted by atomic mass is 16.5. The molecule has 1 aromatic rings. The minimum Gasteiger partial charge on any atom is -0.462 e. The number of carbonyl (C=O) groups excluding carboxylic acids is 2. The van der Waals surface area contributed by atoms with Crippen molar-refractivity contribution in [1.29, 1.82) is 0 Å². The Kier molecular flexibility index (Phi) is 6.52. The molecule has 0 heterocycles. The van der Waals surface area contributed by atoms with E-state index in [1.54, 1.807) is 32.2 Å². The lowest BCUT2D eigenvalue weighted by atomic mass is 10.1. The Morgan fingerprint density at radius 2 is 2.05 bits per heavy atom. The van der Waals surface area contributed by atoms with Gasteiger partial charge in [-0.3, -0.25) is 4.79 Å². The standard InChI is InChI=1S/C15H23N3O3/c1-4-8-18(10-14(19)17-3)13-7-6-11(9-12(13)16)15(20)21-5-2/h6-7,9H,4-5,8,10,16H2,1-3H3,(H,17,19). The van der Waals surface area contributed by atoms with Crippen LogP contribution in [0.2, 0.25) is 0 Å². The molecule has 0 bridgehead atoms. The summed E-state index contributed by atoms with van der Waals surface area (Å²) in [6, 6.07) is 5.00. The molecule has 0 aliphatic heterocycles. The first-order valence-corrected chi connectivity index (χ1v) is 7.05. The summed E-state index contributed by atoms with van der Waals surface area (Å²) in [5, 5.41) is 2.59. The third kappa shape index (κ3) is 4.66. The van der Waals surface area contributed by atoms with Gasteiger partial charge in [0, 0.05) is 13.6 Å². The van der Waals surface area contributed by atoms with Crippen LogP contribution in [0.1, 0.15) is 30.6 Å². The molecule has 0 radical (unpaired) electrons. The van der Waals surface area contributed by atoms with Crippen molar-refractivity contribution in [2.24, 2.45) is 0 Å². The number of nitrogen functional groups attached to an aromatic ring is 1. The minimum absolute atomic E-state index is 0.0858. The molecule has 0 unspecified atom stereocenters. The zero-order chi connectivity index (χ0) is 15.8. The van der Waals surface area contributed by atoms with E-state index in [0.29, 0.717) is 24.4 Å². The molecule has 1 amide bonds. The average Bonchev–Trinajstić information content (AvgIpc) is 2.46. The van der Waals surface area contributed by atoms with E-state index in [9.17, 15) is 9.59 Å². The molecule has 3 N–H and O–H groups in total. The van der Waals surface area contributed by atoms with Gasteiger partial charge in [0.05, 0.1) is 30.1 Å². The molecule has 0 saturated heterocycles. The maximum absolute atomic E-state index is 11.7. The number of carbonyl (C=O) groups is 2. The van der Waals surface area contributed by atoms with E-state index in [0.717, 1.165) is 12.1 Å². The van der Waals surface area contributed by atoms with E-state index >= 15 is 0 Å². The number of esters is 1. The van der Waals surface area contributed by atoms with Crippen molar-refractivity contribution in [2.45, 2.75) is 20.3 Å². The van der Waals surface area contributed by atoms with Crippen molar-refractivity contribution in [3.8, 4) is 0 Å². The highest BCUT2D eigenvalue weighted by molar-refractivity contribution is 5.92. The summed E-state index contributed by atoms with van der Waals surface area (Å²) in [5.74, 6) is -0.485. The van der Waals surface area contributed by atoms with Crippen LogP contribution in [0.3, 0.4) is 0 Å². The second-order valence-corrected chi connectivity index (χ2v) is 4.59. The quantitative estimate of drug-likeness (QED) is 0.586. The van der Waals surface area contributed by atoms with Crippen LogP contribution in [-0.2, 0) is 9.53 Å². The predicted molar refractivity (Wildman–Crippen MR) is 83.4 cm³/mol. The second-order valence-electron chi connectivity index (χ2n) is 4.59. The zero-order valence-corrected chi connectivity index (χ0v) is 12.8. The van der Waals surface area contributed by atoms with Crippen molar-refractivity contribution in [3.05, 3.63) is 23.8 Å². The SMILES string of the molecule is CCCN(CC(=O)NC)c1ccc(C(=O)OCC)cc1N. The van der Waals surface area contributed by atoms with Crippen LogP contribution in [0.4, 0.5) is 11.4 Å². The summed E-state index contributed by atoms with van der Waals surface area (Å²) in [5.41, 5.74) is 7.63. The number of nitrogens with two attached hydrogens (primary N) is 1. The van der Waals surface area contributed by atoms with Crippen molar-refractivity contribution in [2.75, 3.05) is 37.4 Å². The molecule has 6 nitrogen and oxygen atoms in total. The Morgan fingerprint density at radius 1 is 1.33 bits per heavy atom. The van der Waals surface area contributed by atoms with E-state index < -0.39 is 5.97 Å². The molecule has 0 aromatic heterocycles. The second kappa shape index (κ2) is 8.14. The summed E-state index contributed by atoms with van der Waals surface area (Å²) >= 11 is 0. The van der Waals surface area contributed by atoms with Crippen LogP contribution in [0.5, 0.6) is 0 Å². The van der Waals surface area contributed by atoms with Crippen LogP contribution >= 0.6 is 0 Å². The zero-order valence-electron chi connectivity index (χ0n) is 12.8. The number of nitrogens with one attached hydrogen (secondary N) is 1. The summed E-state index contributed by atoms with van der Waals surface area (Å²) < 4.78 is 4.94. The molecule has 0 fully saturated rings. The summed E-state index contributed by atoms with van der Waals surface area (Å²) in [7, 11) is 1.60. The molecular formula is C15H23N3O3. The number of benzene rings is 1. The molecule has 0 saturated carbocycles. The number of anilines is 2. The first kappa shape index (κ1) is 16.8. The molecule has 21 heavy (non-hydrogen) atoms. The number of ether oxygens (including phenoxy) is 1. The highest BCUT2D eigenvalue weighted by Crippen LogP contribution is 2.25. The van der Waals surface area contributed by atoms with Gasteiger partial charge in [0.15, 0.2) is 0 Å². The van der Waals surface area contributed by atoms with Gasteiger partial charge in [-0.25, -0.2) is 4.79 Å². The van der Waals surface area contributed by atoms with Crippen molar-refractivity contribution >= 4 is 23.3 Å². The van der Waals surface area contributed by atoms with Gasteiger partial charge in [-0.05, 0) is 31.5 Å². The van der Waals surface area contributed by atoms with E-state index in [2.05, 4.69) is 5.32 Å². The smallest absolute Gasteiger partial charge is 0.338 e. The summed E-state index contributed by atoms with van der Waals surface area (Å²) in [6.45, 7) is 5.03. The lowest BCUT2D eigenvalue weighted by Crippen LogP contribution is -2.36. The Balaban J connectivity index is 2.99. The number of hydrogen-bond acceptors (Lipinski definition) is 5. The Labute approximate surface area is 125 Å². The number of hydrogen-bond donors (Lipinski definition) is 2. The summed E-state index contributed by atoms with van der Waals surface area (Å²) in [6.07, 6.45) is 0.885. The van der Waals surface area contributed by atoms with Crippen molar-refractivity contribution < 1.29 is 14.3 Å². The van der Waals surface area contributed by atoms with Gasteiger partial charge in [0.1, 0.15) is 0 Å². The van der Waals surface area contributed by atoms with E-state index in [1.807, 2.05) is 11.8 Å². The predicted octanol–water partition coefficient (Wildman–Crippen LogP) is 1.41. The third-order valence-corrected chi connectivity index (χ3v) is 2.99. The third-order valence-electron chi connectivity index (χ3n) is 2.99. The molecular weight excluding hydrogens is 270 g/mol. The topological polar surface area (TPSA) is 84.7 Å². The van der Waals surface area contributed by atoms with Crippen LogP contribution in [0.25, 0.3) is 0 Å². The average molecular weight is 293 g/mol. The number of amides is 1. The van der Waals surface area contributed by atoms with Crippen LogP contribution in [0.15, 0.2) is 18.2 Å². The van der Waals surface area contributed by atoms with Gasteiger partial charge in [-0.2, -0.15) is 0 Å². The van der Waals surface area contributed by atoms with E-state index in [1.165, 1.54) is 0 Å². The maximum Gasteiger partial charge on any atom is 0.338 e. The van der Waals surface area contributed by atoms with Crippen molar-refractivity contribution in [3.63, 3.8) is 0 Å². The number of nitrogens with zero attached hydrogens (tertiary/aromatic N) is 1. The molecule has 0 atom stereocenters. The van der Waals surface area contributed by atoms with Crippen LogP contribution in [0, 0.1) is 0 Å². The maximum atomic E-state index is 11.7. The van der Waals surface area contributed by atoms with Gasteiger partial charge >= 0.3 is 5.97 Å². The van der Waals surface area contributed by atoms with Gasteiger partial charge in [0.2, 0.25) is 5.91 Å². The molecule has 1 aromatic carbocycles. The van der Waals surface area contributed by atoms with Gasteiger partial charge in [0.25, 0.3) is 0 Å². The fraction of sp³-hybridized carbons (Fsp3) is 0.467. The molecule has 1 rings (SSSR count). The Hall–Kier alpha value is -2.24. The Morgan fingerprint density at radius 3 is 2.57 bits per heavy atom. The summed E-state index contributed by atoms with van der Waals surface area (Å²) in [4.78, 5) is 25.1. The number of rotatable bonds is 7. The molecule has 0 aliphatic carbocycles. The molecule has 0 spiro atoms. The fourth-order valence-corrected chi connectivity index (χ4v) is 1.99. The van der Waals surface area contributed by atoms with Crippen LogP contribution < -0.4 is 16.0 Å². The largest absolute Gasteiger partial charge is 0.462 e. The van der Waals surface area contributed by atoms with E-state index in [4.69, 9.17) is 10.5 Å². The first-order chi connectivity index (χ1) is 10.0. The molecule has 6 heteroatoms. The molecule has 0 aliphatic rings.